The van der Waals surface area contributed by atoms with Gasteiger partial charge in [0.05, 0.1) is 16.9 Å². The van der Waals surface area contributed by atoms with Crippen LogP contribution in [0.4, 0.5) is 5.82 Å². The molecule has 200 valence electrons. The van der Waals surface area contributed by atoms with Crippen LogP contribution in [0, 0.1) is 0 Å². The lowest BCUT2D eigenvalue weighted by Crippen LogP contribution is -1.93. The Bertz CT molecular complexity index is 1930. The highest BCUT2D eigenvalue weighted by molar-refractivity contribution is 6.04. The quantitative estimate of drug-likeness (QED) is 0.198. The molecule has 42 heavy (non-hydrogen) atoms. The van der Waals surface area contributed by atoms with Gasteiger partial charge in [-0.15, -0.1) is 0 Å². The number of benzene rings is 3. The highest BCUT2D eigenvalue weighted by Gasteiger charge is 2.15. The van der Waals surface area contributed by atoms with E-state index in [1.165, 1.54) is 5.56 Å². The Morgan fingerprint density at radius 1 is 0.667 bits per heavy atom. The van der Waals surface area contributed by atoms with Crippen molar-refractivity contribution in [1.82, 2.24) is 15.0 Å². The zero-order valence-electron chi connectivity index (χ0n) is 23.3. The Morgan fingerprint density at radius 3 is 2.00 bits per heavy atom. The van der Waals surface area contributed by atoms with Gasteiger partial charge in [-0.1, -0.05) is 66.7 Å². The maximum absolute atomic E-state index is 4.80. The first-order chi connectivity index (χ1) is 20.7. The van der Waals surface area contributed by atoms with Crippen LogP contribution >= 0.6 is 0 Å². The summed E-state index contributed by atoms with van der Waals surface area (Å²) in [5.74, 6) is 0.831. The SMILES string of the molecule is C/C=C(\C=C/C1=Nc2nc3ccccc3cc2C1)c1ccc(-c2cc(-c3ccccn3)cc(-c3ccccn3)c2)cc1. The second-order valence-corrected chi connectivity index (χ2v) is 10.3. The van der Waals surface area contributed by atoms with Gasteiger partial charge in [0.2, 0.25) is 0 Å². The van der Waals surface area contributed by atoms with E-state index in [4.69, 9.17) is 9.98 Å². The monoisotopic (exact) mass is 540 g/mol. The van der Waals surface area contributed by atoms with Crippen molar-refractivity contribution in [1.29, 1.82) is 0 Å². The molecule has 1 aliphatic heterocycles. The number of allylic oxidation sites excluding steroid dienone is 4. The number of nitrogens with zero attached hydrogens (tertiary/aromatic N) is 4. The van der Waals surface area contributed by atoms with Crippen LogP contribution in [0.2, 0.25) is 0 Å². The van der Waals surface area contributed by atoms with Crippen molar-refractivity contribution < 1.29 is 0 Å². The van der Waals surface area contributed by atoms with Gasteiger partial charge in [0.15, 0.2) is 5.82 Å². The first-order valence-electron chi connectivity index (χ1n) is 14.1. The zero-order chi connectivity index (χ0) is 28.3. The third kappa shape index (κ3) is 5.18. The molecule has 4 heteroatoms. The molecule has 1 aliphatic rings. The average molecular weight is 541 g/mol. The standard InChI is InChI=1S/C38H28N4/c1-2-26(17-18-34-25-33-21-29-9-3-4-12-37(29)42-38(33)41-34)27-13-15-28(16-14-27)30-22-31(35-10-5-7-19-39-35)24-32(23-30)36-11-6-8-20-40-36/h2-24H,25H2,1H3/b18-17-,26-2+. The fraction of sp³-hybridized carbons (Fsp3) is 0.0526. The molecule has 0 unspecified atom stereocenters. The lowest BCUT2D eigenvalue weighted by Gasteiger charge is -2.11. The molecule has 0 fully saturated rings. The summed E-state index contributed by atoms with van der Waals surface area (Å²) in [7, 11) is 0. The molecule has 0 aliphatic carbocycles. The Balaban J connectivity index is 1.16. The minimum absolute atomic E-state index is 0.796. The van der Waals surface area contributed by atoms with E-state index in [0.29, 0.717) is 0 Å². The number of aromatic nitrogens is 3. The van der Waals surface area contributed by atoms with Crippen LogP contribution in [-0.2, 0) is 6.42 Å². The Kier molecular flexibility index (Phi) is 6.79. The van der Waals surface area contributed by atoms with E-state index in [2.05, 4.69) is 89.7 Å². The van der Waals surface area contributed by atoms with Gasteiger partial charge in [-0.2, -0.15) is 0 Å². The van der Waals surface area contributed by atoms with Gasteiger partial charge in [-0.25, -0.2) is 9.98 Å². The van der Waals surface area contributed by atoms with Crippen LogP contribution in [0.5, 0.6) is 0 Å². The van der Waals surface area contributed by atoms with E-state index in [-0.39, 0.29) is 0 Å². The fourth-order valence-corrected chi connectivity index (χ4v) is 5.40. The summed E-state index contributed by atoms with van der Waals surface area (Å²) in [6, 6.07) is 37.7. The smallest absolute Gasteiger partial charge is 0.156 e. The normalized spacial score (nSPS) is 13.0. The molecule has 0 amide bonds. The van der Waals surface area contributed by atoms with E-state index in [9.17, 15) is 0 Å². The highest BCUT2D eigenvalue weighted by atomic mass is 14.9. The lowest BCUT2D eigenvalue weighted by atomic mass is 9.95. The summed E-state index contributed by atoms with van der Waals surface area (Å²) in [5.41, 5.74) is 11.8. The molecule has 0 saturated carbocycles. The summed E-state index contributed by atoms with van der Waals surface area (Å²) in [6.07, 6.45) is 10.9. The number of para-hydroxylation sites is 1. The summed E-state index contributed by atoms with van der Waals surface area (Å²) in [6.45, 7) is 2.07. The molecule has 4 heterocycles. The molecular weight excluding hydrogens is 512 g/mol. The predicted octanol–water partition coefficient (Wildman–Crippen LogP) is 9.31. The number of hydrogen-bond donors (Lipinski definition) is 0. The van der Waals surface area contributed by atoms with Gasteiger partial charge in [0.25, 0.3) is 0 Å². The molecule has 0 atom stereocenters. The Hall–Kier alpha value is -5.48. The van der Waals surface area contributed by atoms with Crippen LogP contribution in [-0.4, -0.2) is 20.7 Å². The molecular formula is C38H28N4. The largest absolute Gasteiger partial charge is 0.256 e. The van der Waals surface area contributed by atoms with Crippen LogP contribution in [0.1, 0.15) is 18.1 Å². The zero-order valence-corrected chi connectivity index (χ0v) is 23.3. The molecule has 0 N–H and O–H groups in total. The molecule has 3 aromatic heterocycles. The van der Waals surface area contributed by atoms with Gasteiger partial charge in [0, 0.05) is 46.6 Å². The molecule has 0 spiro atoms. The number of aliphatic imine (C=N–C) groups is 1. The van der Waals surface area contributed by atoms with Gasteiger partial charge >= 0.3 is 0 Å². The number of pyridine rings is 3. The fourth-order valence-electron chi connectivity index (χ4n) is 5.40. The predicted molar refractivity (Wildman–Crippen MR) is 174 cm³/mol. The van der Waals surface area contributed by atoms with Crippen LogP contribution in [0.25, 0.3) is 50.1 Å². The van der Waals surface area contributed by atoms with Crippen molar-refractivity contribution >= 4 is 28.0 Å². The molecule has 6 aromatic rings. The minimum Gasteiger partial charge on any atom is -0.256 e. The topological polar surface area (TPSA) is 51.0 Å². The molecule has 0 saturated heterocycles. The van der Waals surface area contributed by atoms with Crippen molar-refractivity contribution in [3.63, 3.8) is 0 Å². The third-order valence-electron chi connectivity index (χ3n) is 7.57. The lowest BCUT2D eigenvalue weighted by molar-refractivity contribution is 1.30. The number of rotatable bonds is 6. The van der Waals surface area contributed by atoms with Crippen molar-refractivity contribution in [3.8, 4) is 33.6 Å². The maximum Gasteiger partial charge on any atom is 0.156 e. The summed E-state index contributed by atoms with van der Waals surface area (Å²) in [4.78, 5) is 18.8. The molecule has 0 bridgehead atoms. The van der Waals surface area contributed by atoms with E-state index in [0.717, 1.165) is 73.6 Å². The highest BCUT2D eigenvalue weighted by Crippen LogP contribution is 2.33. The first kappa shape index (κ1) is 25.5. The van der Waals surface area contributed by atoms with Gasteiger partial charge < -0.3 is 0 Å². The van der Waals surface area contributed by atoms with Crippen LogP contribution < -0.4 is 0 Å². The molecule has 3 aromatic carbocycles. The number of hydrogen-bond acceptors (Lipinski definition) is 4. The van der Waals surface area contributed by atoms with Gasteiger partial charge in [0.1, 0.15) is 0 Å². The van der Waals surface area contributed by atoms with Gasteiger partial charge in [-0.3, -0.25) is 9.97 Å². The van der Waals surface area contributed by atoms with Crippen molar-refractivity contribution in [2.24, 2.45) is 4.99 Å². The summed E-state index contributed by atoms with van der Waals surface area (Å²) in [5, 5.41) is 1.16. The van der Waals surface area contributed by atoms with Crippen molar-refractivity contribution in [3.05, 3.63) is 151 Å². The number of fused-ring (bicyclic) bond motifs is 2. The second kappa shape index (κ2) is 11.2. The molecule has 4 nitrogen and oxygen atoms in total. The molecule has 0 radical (unpaired) electrons. The Labute approximate surface area is 245 Å². The van der Waals surface area contributed by atoms with E-state index in [1.54, 1.807) is 0 Å². The third-order valence-corrected chi connectivity index (χ3v) is 7.57. The van der Waals surface area contributed by atoms with Crippen molar-refractivity contribution in [2.75, 3.05) is 0 Å². The summed E-state index contributed by atoms with van der Waals surface area (Å²) < 4.78 is 0. The van der Waals surface area contributed by atoms with Crippen molar-refractivity contribution in [2.45, 2.75) is 13.3 Å². The average Bonchev–Trinajstić information content (AvgIpc) is 3.46. The second-order valence-electron chi connectivity index (χ2n) is 10.3. The molecule has 7 rings (SSSR count). The first-order valence-corrected chi connectivity index (χ1v) is 14.1. The van der Waals surface area contributed by atoms with E-state index >= 15 is 0 Å². The van der Waals surface area contributed by atoms with E-state index < -0.39 is 0 Å². The van der Waals surface area contributed by atoms with Crippen LogP contribution in [0.15, 0.2) is 145 Å². The minimum atomic E-state index is 0.796. The van der Waals surface area contributed by atoms with Gasteiger partial charge in [-0.05, 0) is 89.9 Å². The Morgan fingerprint density at radius 2 is 1.33 bits per heavy atom. The maximum atomic E-state index is 4.80. The van der Waals surface area contributed by atoms with Crippen LogP contribution in [0.3, 0.4) is 0 Å². The summed E-state index contributed by atoms with van der Waals surface area (Å²) >= 11 is 0. The van der Waals surface area contributed by atoms with E-state index in [1.807, 2.05) is 67.0 Å².